The Labute approximate surface area is 101 Å². The zero-order valence-electron chi connectivity index (χ0n) is 9.68. The number of hydrogen-bond donors (Lipinski definition) is 0. The van der Waals surface area contributed by atoms with Crippen molar-refractivity contribution in [1.82, 2.24) is 0 Å². The molecule has 0 N–H and O–H groups in total. The summed E-state index contributed by atoms with van der Waals surface area (Å²) in [7, 11) is 0. The molecule has 1 atom stereocenters. The van der Waals surface area contributed by atoms with Gasteiger partial charge in [0.2, 0.25) is 0 Å². The minimum Gasteiger partial charge on any atom is -0.298 e. The van der Waals surface area contributed by atoms with Gasteiger partial charge in [0.15, 0.2) is 5.78 Å². The van der Waals surface area contributed by atoms with Gasteiger partial charge in [0.05, 0.1) is 6.07 Å². The van der Waals surface area contributed by atoms with E-state index in [0.29, 0.717) is 6.42 Å². The average Bonchev–Trinajstić information content (AvgIpc) is 2.39. The quantitative estimate of drug-likeness (QED) is 0.772. The molecule has 0 aromatic heterocycles. The molecule has 1 aromatic carbocycles. The molecule has 1 aliphatic rings. The number of carbonyl (C=O) groups excluding carboxylic acids is 1. The summed E-state index contributed by atoms with van der Waals surface area (Å²) in [6, 6.07) is 12.1. The zero-order chi connectivity index (χ0) is 12.3. The van der Waals surface area contributed by atoms with Crippen molar-refractivity contribution in [2.45, 2.75) is 13.3 Å². The van der Waals surface area contributed by atoms with E-state index in [1.165, 1.54) is 6.92 Å². The van der Waals surface area contributed by atoms with Crippen LogP contribution in [0.15, 0.2) is 48.6 Å². The van der Waals surface area contributed by atoms with Gasteiger partial charge in [-0.1, -0.05) is 48.6 Å². The first-order valence-electron chi connectivity index (χ1n) is 5.55. The average molecular weight is 223 g/mol. The van der Waals surface area contributed by atoms with Crippen molar-refractivity contribution in [3.63, 3.8) is 0 Å². The number of Topliss-reactive ketones (excluding diaryl/α,β-unsaturated/α-hetero) is 1. The van der Waals surface area contributed by atoms with Crippen LogP contribution in [0.3, 0.4) is 0 Å². The van der Waals surface area contributed by atoms with E-state index in [9.17, 15) is 4.79 Å². The lowest BCUT2D eigenvalue weighted by molar-refractivity contribution is -0.121. The SMILES string of the molecule is CC(=O)C1(C#N)C=CC(c2ccccc2)=CC1. The van der Waals surface area contributed by atoms with Crippen LogP contribution >= 0.6 is 0 Å². The molecule has 2 nitrogen and oxygen atoms in total. The number of rotatable bonds is 2. The monoisotopic (exact) mass is 223 g/mol. The molecule has 0 fully saturated rings. The Morgan fingerprint density at radius 2 is 2.06 bits per heavy atom. The Bertz CT molecular complexity index is 534. The molecule has 17 heavy (non-hydrogen) atoms. The highest BCUT2D eigenvalue weighted by molar-refractivity contribution is 5.90. The third-order valence-corrected chi connectivity index (χ3v) is 3.13. The van der Waals surface area contributed by atoms with Crippen molar-refractivity contribution < 1.29 is 4.79 Å². The van der Waals surface area contributed by atoms with Crippen LogP contribution in [0, 0.1) is 16.7 Å². The molecular weight excluding hydrogens is 210 g/mol. The lowest BCUT2D eigenvalue weighted by Crippen LogP contribution is -2.25. The first-order valence-corrected chi connectivity index (χ1v) is 5.55. The third-order valence-electron chi connectivity index (χ3n) is 3.13. The van der Waals surface area contributed by atoms with Crippen LogP contribution in [0.4, 0.5) is 0 Å². The largest absolute Gasteiger partial charge is 0.298 e. The normalized spacial score (nSPS) is 22.7. The Balaban J connectivity index is 2.29. The first kappa shape index (κ1) is 11.3. The van der Waals surface area contributed by atoms with Crippen LogP contribution in [0.25, 0.3) is 5.57 Å². The molecule has 0 saturated heterocycles. The van der Waals surface area contributed by atoms with E-state index in [2.05, 4.69) is 6.07 Å². The van der Waals surface area contributed by atoms with Crippen molar-refractivity contribution in [2.24, 2.45) is 5.41 Å². The molecule has 1 unspecified atom stereocenters. The summed E-state index contributed by atoms with van der Waals surface area (Å²) in [4.78, 5) is 11.5. The highest BCUT2D eigenvalue weighted by Gasteiger charge is 2.33. The highest BCUT2D eigenvalue weighted by atomic mass is 16.1. The van der Waals surface area contributed by atoms with E-state index in [4.69, 9.17) is 5.26 Å². The summed E-state index contributed by atoms with van der Waals surface area (Å²) >= 11 is 0. The number of benzene rings is 1. The number of hydrogen-bond acceptors (Lipinski definition) is 2. The minimum absolute atomic E-state index is 0.0976. The Kier molecular flexibility index (Phi) is 2.93. The third kappa shape index (κ3) is 2.05. The van der Waals surface area contributed by atoms with Crippen LogP contribution in [0.1, 0.15) is 18.9 Å². The topological polar surface area (TPSA) is 40.9 Å². The van der Waals surface area contributed by atoms with E-state index >= 15 is 0 Å². The van der Waals surface area contributed by atoms with E-state index in [0.717, 1.165) is 11.1 Å². The van der Waals surface area contributed by atoms with Gasteiger partial charge in [-0.2, -0.15) is 5.26 Å². The molecule has 0 saturated carbocycles. The van der Waals surface area contributed by atoms with Crippen molar-refractivity contribution in [1.29, 1.82) is 5.26 Å². The number of nitriles is 1. The summed E-state index contributed by atoms with van der Waals surface area (Å²) in [5.74, 6) is -0.0976. The van der Waals surface area contributed by atoms with Crippen molar-refractivity contribution in [3.8, 4) is 6.07 Å². The number of ketones is 1. The predicted octanol–water partition coefficient (Wildman–Crippen LogP) is 3.13. The maximum Gasteiger partial charge on any atom is 0.154 e. The Hall–Kier alpha value is -2.14. The fourth-order valence-electron chi connectivity index (χ4n) is 1.91. The van der Waals surface area contributed by atoms with Gasteiger partial charge < -0.3 is 0 Å². The van der Waals surface area contributed by atoms with Gasteiger partial charge in [-0.15, -0.1) is 0 Å². The van der Waals surface area contributed by atoms with Gasteiger partial charge in [-0.25, -0.2) is 0 Å². The van der Waals surface area contributed by atoms with Crippen LogP contribution in [-0.2, 0) is 4.79 Å². The lowest BCUT2D eigenvalue weighted by atomic mass is 9.77. The summed E-state index contributed by atoms with van der Waals surface area (Å²) < 4.78 is 0. The minimum atomic E-state index is -0.960. The zero-order valence-corrected chi connectivity index (χ0v) is 9.68. The van der Waals surface area contributed by atoms with E-state index in [1.54, 1.807) is 6.08 Å². The lowest BCUT2D eigenvalue weighted by Gasteiger charge is -2.22. The number of allylic oxidation sites excluding steroid dienone is 4. The van der Waals surface area contributed by atoms with Crippen LogP contribution in [0.5, 0.6) is 0 Å². The summed E-state index contributed by atoms with van der Waals surface area (Å²) in [5, 5.41) is 9.12. The smallest absolute Gasteiger partial charge is 0.154 e. The van der Waals surface area contributed by atoms with Crippen LogP contribution in [0.2, 0.25) is 0 Å². The molecule has 0 bridgehead atoms. The van der Waals surface area contributed by atoms with Gasteiger partial charge >= 0.3 is 0 Å². The summed E-state index contributed by atoms with van der Waals surface area (Å²) in [6.07, 6.45) is 6.00. The van der Waals surface area contributed by atoms with E-state index < -0.39 is 5.41 Å². The van der Waals surface area contributed by atoms with Crippen molar-refractivity contribution >= 4 is 11.4 Å². The van der Waals surface area contributed by atoms with Gasteiger partial charge in [0, 0.05) is 0 Å². The van der Waals surface area contributed by atoms with Crippen molar-refractivity contribution in [3.05, 3.63) is 54.1 Å². The van der Waals surface area contributed by atoms with E-state index in [-0.39, 0.29) is 5.78 Å². The summed E-state index contributed by atoms with van der Waals surface area (Å²) in [5.41, 5.74) is 1.22. The second-order valence-corrected chi connectivity index (χ2v) is 4.20. The fraction of sp³-hybridized carbons (Fsp3) is 0.200. The molecular formula is C15H13NO. The standard InChI is InChI=1S/C15H13NO/c1-12(17)15(11-16)9-7-14(8-10-15)13-5-3-2-4-6-13/h2-9H,10H2,1H3. The molecule has 2 rings (SSSR count). The molecule has 84 valence electrons. The first-order chi connectivity index (χ1) is 8.18. The number of carbonyl (C=O) groups is 1. The summed E-state index contributed by atoms with van der Waals surface area (Å²) in [6.45, 7) is 1.47. The fourth-order valence-corrected chi connectivity index (χ4v) is 1.91. The number of nitrogens with zero attached hydrogens (tertiary/aromatic N) is 1. The maximum absolute atomic E-state index is 11.5. The van der Waals surface area contributed by atoms with E-state index in [1.807, 2.05) is 42.5 Å². The molecule has 0 spiro atoms. The molecule has 0 aliphatic heterocycles. The Morgan fingerprint density at radius 1 is 1.35 bits per heavy atom. The Morgan fingerprint density at radius 3 is 2.53 bits per heavy atom. The molecule has 1 aromatic rings. The van der Waals surface area contributed by atoms with Gasteiger partial charge in [-0.3, -0.25) is 4.79 Å². The molecule has 0 heterocycles. The van der Waals surface area contributed by atoms with Gasteiger partial charge in [0.1, 0.15) is 5.41 Å². The van der Waals surface area contributed by atoms with Crippen LogP contribution in [-0.4, -0.2) is 5.78 Å². The highest BCUT2D eigenvalue weighted by Crippen LogP contribution is 2.33. The predicted molar refractivity (Wildman–Crippen MR) is 66.9 cm³/mol. The second kappa shape index (κ2) is 4.39. The molecule has 0 amide bonds. The van der Waals surface area contributed by atoms with Crippen molar-refractivity contribution in [2.75, 3.05) is 0 Å². The van der Waals surface area contributed by atoms with Gasteiger partial charge in [0.25, 0.3) is 0 Å². The van der Waals surface area contributed by atoms with Crippen LogP contribution < -0.4 is 0 Å². The molecule has 2 heteroatoms. The molecule has 1 aliphatic carbocycles. The molecule has 0 radical (unpaired) electrons. The second-order valence-electron chi connectivity index (χ2n) is 4.20. The van der Waals surface area contributed by atoms with Gasteiger partial charge in [-0.05, 0) is 24.5 Å². The maximum atomic E-state index is 11.5.